The molecule has 2 aromatic rings. The molecule has 2 aromatic heterocycles. The van der Waals surface area contributed by atoms with Gasteiger partial charge in [-0.25, -0.2) is 0 Å². The molecular formula is C17H22N4OS. The van der Waals surface area contributed by atoms with E-state index >= 15 is 0 Å². The summed E-state index contributed by atoms with van der Waals surface area (Å²) in [5.41, 5.74) is 0.960. The maximum Gasteiger partial charge on any atom is 0.148 e. The molecule has 1 N–H and O–H groups in total. The zero-order chi connectivity index (χ0) is 15.7. The molecule has 2 aliphatic rings. The number of aryl methyl sites for hydroxylation is 1. The maximum atomic E-state index is 6.21. The van der Waals surface area contributed by atoms with Gasteiger partial charge in [0.25, 0.3) is 0 Å². The molecule has 0 aromatic carbocycles. The Kier molecular flexibility index (Phi) is 4.05. The van der Waals surface area contributed by atoms with Crippen molar-refractivity contribution in [3.63, 3.8) is 0 Å². The summed E-state index contributed by atoms with van der Waals surface area (Å²) in [6, 6.07) is 8.64. The minimum atomic E-state index is 0.0209. The highest BCUT2D eigenvalue weighted by atomic mass is 32.1. The predicted octanol–water partition coefficient (Wildman–Crippen LogP) is 2.69. The molecule has 0 aliphatic carbocycles. The van der Waals surface area contributed by atoms with Gasteiger partial charge in [-0.05, 0) is 36.9 Å². The first kappa shape index (κ1) is 15.1. The van der Waals surface area contributed by atoms with Crippen LogP contribution in [0.15, 0.2) is 29.6 Å². The van der Waals surface area contributed by atoms with E-state index in [-0.39, 0.29) is 5.60 Å². The number of thiophene rings is 1. The average molecular weight is 330 g/mol. The van der Waals surface area contributed by atoms with Crippen molar-refractivity contribution in [1.82, 2.24) is 15.1 Å². The van der Waals surface area contributed by atoms with E-state index in [1.54, 1.807) is 0 Å². The molecule has 1 spiro atoms. The Labute approximate surface area is 140 Å². The van der Waals surface area contributed by atoms with E-state index < -0.39 is 0 Å². The van der Waals surface area contributed by atoms with Crippen molar-refractivity contribution in [3.05, 3.63) is 40.2 Å². The van der Waals surface area contributed by atoms with Crippen molar-refractivity contribution < 1.29 is 4.74 Å². The number of aromatic nitrogens is 2. The normalized spacial score (nSPS) is 27.8. The third-order valence-corrected chi connectivity index (χ3v) is 5.58. The van der Waals surface area contributed by atoms with Crippen LogP contribution in [0.3, 0.4) is 0 Å². The Morgan fingerprint density at radius 1 is 1.39 bits per heavy atom. The first-order valence-electron chi connectivity index (χ1n) is 8.16. The number of ether oxygens (including phenoxy) is 1. The van der Waals surface area contributed by atoms with Crippen molar-refractivity contribution in [2.24, 2.45) is 0 Å². The first-order chi connectivity index (χ1) is 11.2. The minimum absolute atomic E-state index is 0.0209. The molecular weight excluding hydrogens is 308 g/mol. The van der Waals surface area contributed by atoms with Crippen molar-refractivity contribution in [3.8, 4) is 0 Å². The van der Waals surface area contributed by atoms with Crippen molar-refractivity contribution in [2.45, 2.75) is 38.0 Å². The summed E-state index contributed by atoms with van der Waals surface area (Å²) in [7, 11) is 0. The zero-order valence-electron chi connectivity index (χ0n) is 13.4. The van der Waals surface area contributed by atoms with Crippen LogP contribution in [0.25, 0.3) is 0 Å². The fraction of sp³-hybridized carbons (Fsp3) is 0.529. The summed E-state index contributed by atoms with van der Waals surface area (Å²) in [6.07, 6.45) is 2.17. The summed E-state index contributed by atoms with van der Waals surface area (Å²) < 4.78 is 6.21. The molecule has 122 valence electrons. The lowest BCUT2D eigenvalue weighted by molar-refractivity contribution is 0.0120. The lowest BCUT2D eigenvalue weighted by Gasteiger charge is -2.23. The van der Waals surface area contributed by atoms with Crippen LogP contribution in [0.5, 0.6) is 0 Å². The van der Waals surface area contributed by atoms with E-state index in [4.69, 9.17) is 4.74 Å². The molecule has 2 atom stereocenters. The SMILES string of the molecule is Cc1ccc(NC2COC3(CCN(Cc4cccs4)C3)C2)nn1. The zero-order valence-corrected chi connectivity index (χ0v) is 14.2. The Bertz CT molecular complexity index is 645. The number of nitrogens with zero attached hydrogens (tertiary/aromatic N) is 3. The molecule has 2 saturated heterocycles. The third kappa shape index (κ3) is 3.39. The van der Waals surface area contributed by atoms with Crippen LogP contribution in [0, 0.1) is 6.92 Å². The predicted molar refractivity (Wildman–Crippen MR) is 91.7 cm³/mol. The maximum absolute atomic E-state index is 6.21. The van der Waals surface area contributed by atoms with Crippen LogP contribution in [0.2, 0.25) is 0 Å². The summed E-state index contributed by atoms with van der Waals surface area (Å²) >= 11 is 1.83. The van der Waals surface area contributed by atoms with Crippen LogP contribution >= 0.6 is 11.3 Å². The van der Waals surface area contributed by atoms with Gasteiger partial charge in [-0.2, -0.15) is 5.10 Å². The van der Waals surface area contributed by atoms with E-state index in [0.717, 1.165) is 50.6 Å². The number of nitrogens with one attached hydrogen (secondary N) is 1. The van der Waals surface area contributed by atoms with Gasteiger partial charge in [-0.15, -0.1) is 16.4 Å². The van der Waals surface area contributed by atoms with Crippen molar-refractivity contribution in [1.29, 1.82) is 0 Å². The van der Waals surface area contributed by atoms with Gasteiger partial charge < -0.3 is 10.1 Å². The summed E-state index contributed by atoms with van der Waals surface area (Å²) in [5, 5.41) is 13.9. The molecule has 2 fully saturated rings. The molecule has 4 heterocycles. The molecule has 6 heteroatoms. The van der Waals surface area contributed by atoms with Gasteiger partial charge in [0, 0.05) is 30.9 Å². The largest absolute Gasteiger partial charge is 0.371 e. The van der Waals surface area contributed by atoms with E-state index in [1.807, 2.05) is 30.4 Å². The van der Waals surface area contributed by atoms with E-state index in [0.29, 0.717) is 6.04 Å². The fourth-order valence-electron chi connectivity index (χ4n) is 3.59. The van der Waals surface area contributed by atoms with Gasteiger partial charge in [0.1, 0.15) is 5.82 Å². The van der Waals surface area contributed by atoms with E-state index in [9.17, 15) is 0 Å². The second kappa shape index (κ2) is 6.19. The van der Waals surface area contributed by atoms with Gasteiger partial charge in [0.2, 0.25) is 0 Å². The second-order valence-corrected chi connectivity index (χ2v) is 7.67. The van der Waals surface area contributed by atoms with E-state index in [2.05, 4.69) is 37.9 Å². The quantitative estimate of drug-likeness (QED) is 0.934. The lowest BCUT2D eigenvalue weighted by atomic mass is 9.97. The van der Waals surface area contributed by atoms with Crippen molar-refractivity contribution in [2.75, 3.05) is 25.0 Å². The summed E-state index contributed by atoms with van der Waals surface area (Å²) in [5.74, 6) is 0.842. The van der Waals surface area contributed by atoms with Crippen LogP contribution in [-0.2, 0) is 11.3 Å². The molecule has 0 radical (unpaired) electrons. The molecule has 2 aliphatic heterocycles. The van der Waals surface area contributed by atoms with Crippen LogP contribution in [0.4, 0.5) is 5.82 Å². The molecule has 23 heavy (non-hydrogen) atoms. The monoisotopic (exact) mass is 330 g/mol. The molecule has 0 bridgehead atoms. The van der Waals surface area contributed by atoms with Crippen molar-refractivity contribution >= 4 is 17.2 Å². The highest BCUT2D eigenvalue weighted by Gasteiger charge is 2.45. The number of hydrogen-bond acceptors (Lipinski definition) is 6. The molecule has 0 saturated carbocycles. The molecule has 4 rings (SSSR count). The molecule has 2 unspecified atom stereocenters. The Morgan fingerprint density at radius 2 is 2.35 bits per heavy atom. The number of likely N-dealkylation sites (tertiary alicyclic amines) is 1. The summed E-state index contributed by atoms with van der Waals surface area (Å²) in [4.78, 5) is 3.95. The topological polar surface area (TPSA) is 50.3 Å². The Hall–Kier alpha value is -1.50. The van der Waals surface area contributed by atoms with Crippen LogP contribution in [-0.4, -0.2) is 46.4 Å². The first-order valence-corrected chi connectivity index (χ1v) is 9.04. The summed E-state index contributed by atoms with van der Waals surface area (Å²) in [6.45, 7) is 5.90. The molecule has 0 amide bonds. The lowest BCUT2D eigenvalue weighted by Crippen LogP contribution is -2.33. The number of hydrogen-bond donors (Lipinski definition) is 1. The third-order valence-electron chi connectivity index (χ3n) is 4.71. The Morgan fingerprint density at radius 3 is 3.13 bits per heavy atom. The number of rotatable bonds is 4. The highest BCUT2D eigenvalue weighted by Crippen LogP contribution is 2.36. The van der Waals surface area contributed by atoms with Gasteiger partial charge in [0.05, 0.1) is 23.9 Å². The van der Waals surface area contributed by atoms with E-state index in [1.165, 1.54) is 4.88 Å². The highest BCUT2D eigenvalue weighted by molar-refractivity contribution is 7.09. The number of anilines is 1. The minimum Gasteiger partial charge on any atom is -0.371 e. The van der Waals surface area contributed by atoms with Crippen LogP contribution in [0.1, 0.15) is 23.4 Å². The Balaban J connectivity index is 1.33. The second-order valence-electron chi connectivity index (χ2n) is 6.64. The van der Waals surface area contributed by atoms with Gasteiger partial charge in [-0.3, -0.25) is 4.90 Å². The van der Waals surface area contributed by atoms with Gasteiger partial charge in [-0.1, -0.05) is 6.07 Å². The van der Waals surface area contributed by atoms with Gasteiger partial charge in [0.15, 0.2) is 0 Å². The fourth-order valence-corrected chi connectivity index (χ4v) is 4.34. The smallest absolute Gasteiger partial charge is 0.148 e. The average Bonchev–Trinajstić information content (AvgIpc) is 3.26. The standard InChI is InChI=1S/C17H22N4OS/c1-13-4-5-16(20-19-13)18-14-9-17(22-11-14)6-7-21(12-17)10-15-3-2-8-23-15/h2-5,8,14H,6-7,9-12H2,1H3,(H,18,20). The molecule has 5 nitrogen and oxygen atoms in total. The van der Waals surface area contributed by atoms with Gasteiger partial charge >= 0.3 is 0 Å². The van der Waals surface area contributed by atoms with Crippen LogP contribution < -0.4 is 5.32 Å².